The maximum Gasteiger partial charge on any atom is 0.170 e. The highest BCUT2D eigenvalue weighted by molar-refractivity contribution is 5.79. The fourth-order valence-electron chi connectivity index (χ4n) is 3.17. The molecule has 3 heterocycles. The van der Waals surface area contributed by atoms with Crippen LogP contribution >= 0.6 is 0 Å². The molecule has 148 valence electrons. The second-order valence-electron chi connectivity index (χ2n) is 6.73. The normalized spacial score (nSPS) is 10.9. The molecule has 0 radical (unpaired) electrons. The fourth-order valence-corrected chi connectivity index (χ4v) is 3.17. The molecule has 29 heavy (non-hydrogen) atoms. The number of hydrogen-bond donors (Lipinski definition) is 1. The maximum absolute atomic E-state index is 14.2. The van der Waals surface area contributed by atoms with Gasteiger partial charge in [-0.3, -0.25) is 4.40 Å². The van der Waals surface area contributed by atoms with Gasteiger partial charge in [-0.25, -0.2) is 9.37 Å². The van der Waals surface area contributed by atoms with Crippen molar-refractivity contribution in [3.05, 3.63) is 66.4 Å². The Balaban J connectivity index is 1.65. The molecular weight excluding hydrogens is 371 g/mol. The Morgan fingerprint density at radius 2 is 2.00 bits per heavy atom. The molecule has 8 heteroatoms. The number of nitrogens with zero attached hydrogens (tertiary/aromatic N) is 5. The number of methoxy groups -OCH3 is 1. The summed E-state index contributed by atoms with van der Waals surface area (Å²) in [4.78, 5) is 6.42. The minimum absolute atomic E-state index is 0.265. The maximum atomic E-state index is 14.2. The molecular formula is C21H21FN6O. The Hall–Kier alpha value is -3.68. The van der Waals surface area contributed by atoms with Gasteiger partial charge in [-0.15, -0.1) is 10.2 Å². The zero-order chi connectivity index (χ0) is 20.4. The summed E-state index contributed by atoms with van der Waals surface area (Å²) in [5.74, 6) is 1.81. The first kappa shape index (κ1) is 18.7. The van der Waals surface area contributed by atoms with Gasteiger partial charge in [-0.05, 0) is 36.4 Å². The highest BCUT2D eigenvalue weighted by atomic mass is 19.1. The molecule has 0 spiro atoms. The summed E-state index contributed by atoms with van der Waals surface area (Å²) in [6.07, 6.45) is 3.44. The van der Waals surface area contributed by atoms with E-state index in [0.717, 1.165) is 22.8 Å². The predicted molar refractivity (Wildman–Crippen MR) is 111 cm³/mol. The summed E-state index contributed by atoms with van der Waals surface area (Å²) in [5, 5.41) is 11.6. The van der Waals surface area contributed by atoms with Crippen molar-refractivity contribution >= 4 is 17.3 Å². The van der Waals surface area contributed by atoms with Crippen molar-refractivity contribution in [3.8, 4) is 16.9 Å². The summed E-state index contributed by atoms with van der Waals surface area (Å²) in [6, 6.07) is 12.6. The molecule has 0 bridgehead atoms. The van der Waals surface area contributed by atoms with Crippen LogP contribution in [-0.2, 0) is 6.54 Å². The molecule has 4 rings (SSSR count). The van der Waals surface area contributed by atoms with Gasteiger partial charge in [-0.2, -0.15) is 0 Å². The van der Waals surface area contributed by atoms with E-state index in [-0.39, 0.29) is 12.4 Å². The smallest absolute Gasteiger partial charge is 0.170 e. The van der Waals surface area contributed by atoms with Gasteiger partial charge in [-0.1, -0.05) is 6.07 Å². The highest BCUT2D eigenvalue weighted by Crippen LogP contribution is 2.28. The molecule has 4 aromatic rings. The minimum atomic E-state index is -0.319. The van der Waals surface area contributed by atoms with Crippen LogP contribution in [0.3, 0.4) is 0 Å². The number of aromatic nitrogens is 4. The van der Waals surface area contributed by atoms with E-state index in [1.807, 2.05) is 53.9 Å². The highest BCUT2D eigenvalue weighted by Gasteiger charge is 2.13. The summed E-state index contributed by atoms with van der Waals surface area (Å²) in [6.45, 7) is 0.265. The molecule has 0 aliphatic carbocycles. The monoisotopic (exact) mass is 392 g/mol. The minimum Gasteiger partial charge on any atom is -0.496 e. The third-order valence-electron chi connectivity index (χ3n) is 4.72. The van der Waals surface area contributed by atoms with E-state index in [1.165, 1.54) is 13.2 Å². The van der Waals surface area contributed by atoms with Crippen LogP contribution in [0.2, 0.25) is 0 Å². The van der Waals surface area contributed by atoms with Crippen molar-refractivity contribution in [1.82, 2.24) is 19.6 Å². The molecule has 1 aromatic carbocycles. The first-order valence-corrected chi connectivity index (χ1v) is 9.10. The lowest BCUT2D eigenvalue weighted by atomic mass is 10.1. The van der Waals surface area contributed by atoms with Crippen LogP contribution in [0.5, 0.6) is 5.75 Å². The molecule has 0 aliphatic heterocycles. The third kappa shape index (κ3) is 3.56. The number of ether oxygens (including phenoxy) is 1. The van der Waals surface area contributed by atoms with E-state index in [9.17, 15) is 4.39 Å². The van der Waals surface area contributed by atoms with Crippen LogP contribution in [0.4, 0.5) is 16.0 Å². The predicted octanol–water partition coefficient (Wildman–Crippen LogP) is 3.62. The quantitative estimate of drug-likeness (QED) is 0.541. The number of hydrogen-bond acceptors (Lipinski definition) is 6. The molecule has 0 unspecified atom stereocenters. The van der Waals surface area contributed by atoms with Gasteiger partial charge < -0.3 is 15.0 Å². The first-order valence-electron chi connectivity index (χ1n) is 9.10. The SMILES string of the molecule is COc1cccc(F)c1CNc1ccc(-c2ccc(N(C)C)nc2)c2nncn12. The Labute approximate surface area is 167 Å². The lowest BCUT2D eigenvalue weighted by Crippen LogP contribution is -2.10. The molecule has 0 aliphatic rings. The largest absolute Gasteiger partial charge is 0.496 e. The van der Waals surface area contributed by atoms with E-state index in [0.29, 0.717) is 17.0 Å². The van der Waals surface area contributed by atoms with E-state index >= 15 is 0 Å². The molecule has 0 amide bonds. The van der Waals surface area contributed by atoms with Crippen LogP contribution in [0.15, 0.2) is 55.0 Å². The van der Waals surface area contributed by atoms with E-state index < -0.39 is 0 Å². The number of fused-ring (bicyclic) bond motifs is 1. The number of nitrogens with one attached hydrogen (secondary N) is 1. The van der Waals surface area contributed by atoms with E-state index in [2.05, 4.69) is 20.5 Å². The Kier molecular flexibility index (Phi) is 4.99. The molecule has 7 nitrogen and oxygen atoms in total. The molecule has 0 saturated heterocycles. The zero-order valence-corrected chi connectivity index (χ0v) is 16.4. The standard InChI is InChI=1S/C21H21FN6O/c1-27(2)19-9-7-14(11-23-19)15-8-10-20(28-13-25-26-21(15)28)24-12-16-17(22)5-4-6-18(16)29-3/h4-11,13,24H,12H2,1-3H3. The van der Waals surface area contributed by atoms with Crippen LogP contribution in [0.25, 0.3) is 16.8 Å². The number of rotatable bonds is 6. The van der Waals surface area contributed by atoms with Gasteiger partial charge in [0.05, 0.1) is 7.11 Å². The number of anilines is 2. The fraction of sp³-hybridized carbons (Fsp3) is 0.190. The summed E-state index contributed by atoms with van der Waals surface area (Å²) < 4.78 is 21.3. The summed E-state index contributed by atoms with van der Waals surface area (Å²) in [7, 11) is 5.42. The number of halogens is 1. The molecule has 0 atom stereocenters. The van der Waals surface area contributed by atoms with Crippen molar-refractivity contribution in [2.75, 3.05) is 31.4 Å². The van der Waals surface area contributed by atoms with E-state index in [4.69, 9.17) is 4.74 Å². The van der Waals surface area contributed by atoms with Crippen LogP contribution in [0, 0.1) is 5.82 Å². The molecule has 3 aromatic heterocycles. The average Bonchev–Trinajstić information content (AvgIpc) is 3.23. The first-order chi connectivity index (χ1) is 14.1. The van der Waals surface area contributed by atoms with Gasteiger partial charge in [0, 0.05) is 43.5 Å². The van der Waals surface area contributed by atoms with Gasteiger partial charge in [0.1, 0.15) is 29.5 Å². The Morgan fingerprint density at radius 1 is 1.14 bits per heavy atom. The van der Waals surface area contributed by atoms with Crippen LogP contribution in [-0.4, -0.2) is 40.8 Å². The summed E-state index contributed by atoms with van der Waals surface area (Å²) in [5.41, 5.74) is 3.00. The molecule has 0 fully saturated rings. The summed E-state index contributed by atoms with van der Waals surface area (Å²) >= 11 is 0. The van der Waals surface area contributed by atoms with Crippen molar-refractivity contribution in [3.63, 3.8) is 0 Å². The lowest BCUT2D eigenvalue weighted by molar-refractivity contribution is 0.405. The third-order valence-corrected chi connectivity index (χ3v) is 4.72. The zero-order valence-electron chi connectivity index (χ0n) is 16.4. The Morgan fingerprint density at radius 3 is 2.72 bits per heavy atom. The van der Waals surface area contributed by atoms with Crippen molar-refractivity contribution in [2.24, 2.45) is 0 Å². The number of benzene rings is 1. The van der Waals surface area contributed by atoms with Gasteiger partial charge in [0.15, 0.2) is 5.65 Å². The van der Waals surface area contributed by atoms with Crippen LogP contribution in [0.1, 0.15) is 5.56 Å². The van der Waals surface area contributed by atoms with Crippen LogP contribution < -0.4 is 15.0 Å². The van der Waals surface area contributed by atoms with Crippen molar-refractivity contribution in [1.29, 1.82) is 0 Å². The van der Waals surface area contributed by atoms with Gasteiger partial charge in [0.25, 0.3) is 0 Å². The Bertz CT molecular complexity index is 1140. The lowest BCUT2D eigenvalue weighted by Gasteiger charge is -2.14. The molecule has 1 N–H and O–H groups in total. The van der Waals surface area contributed by atoms with Gasteiger partial charge >= 0.3 is 0 Å². The second-order valence-corrected chi connectivity index (χ2v) is 6.73. The second kappa shape index (κ2) is 7.75. The molecule has 0 saturated carbocycles. The topological polar surface area (TPSA) is 67.6 Å². The van der Waals surface area contributed by atoms with E-state index in [1.54, 1.807) is 18.5 Å². The number of pyridine rings is 2. The average molecular weight is 392 g/mol. The van der Waals surface area contributed by atoms with Gasteiger partial charge in [0.2, 0.25) is 0 Å². The van der Waals surface area contributed by atoms with Crippen molar-refractivity contribution < 1.29 is 9.13 Å². The van der Waals surface area contributed by atoms with Crippen molar-refractivity contribution in [2.45, 2.75) is 6.54 Å².